The highest BCUT2D eigenvalue weighted by Gasteiger charge is 2.20. The van der Waals surface area contributed by atoms with Crippen LogP contribution >= 0.6 is 0 Å². The summed E-state index contributed by atoms with van der Waals surface area (Å²) in [4.78, 5) is 12.1. The first-order valence-electron chi connectivity index (χ1n) is 7.70. The molecule has 3 nitrogen and oxygen atoms in total. The maximum atomic E-state index is 12.1. The molecule has 110 valence electrons. The molecule has 0 saturated heterocycles. The van der Waals surface area contributed by atoms with Gasteiger partial charge in [-0.3, -0.25) is 4.79 Å². The van der Waals surface area contributed by atoms with Crippen molar-refractivity contribution in [2.45, 2.75) is 51.6 Å². The zero-order valence-electron chi connectivity index (χ0n) is 12.3. The van der Waals surface area contributed by atoms with Crippen LogP contribution in [0.4, 0.5) is 0 Å². The predicted octanol–water partition coefficient (Wildman–Crippen LogP) is 3.12. The molecular formula is C17H25NO2. The maximum Gasteiger partial charge on any atom is 0.223 e. The third kappa shape index (κ3) is 4.07. The van der Waals surface area contributed by atoms with Crippen LogP contribution in [0.3, 0.4) is 0 Å². The number of aryl methyl sites for hydroxylation is 1. The number of carbonyl (C=O) groups is 1. The molecule has 1 saturated carbocycles. The Morgan fingerprint density at radius 1 is 1.25 bits per heavy atom. The van der Waals surface area contributed by atoms with Crippen molar-refractivity contribution in [1.29, 1.82) is 0 Å². The minimum Gasteiger partial charge on any atom is -0.387 e. The van der Waals surface area contributed by atoms with E-state index in [1.165, 1.54) is 12.8 Å². The number of aliphatic hydroxyl groups is 1. The van der Waals surface area contributed by atoms with E-state index in [0.29, 0.717) is 6.54 Å². The summed E-state index contributed by atoms with van der Waals surface area (Å²) < 4.78 is 0. The molecule has 1 amide bonds. The van der Waals surface area contributed by atoms with Gasteiger partial charge in [0.15, 0.2) is 0 Å². The van der Waals surface area contributed by atoms with E-state index in [4.69, 9.17) is 0 Å². The first-order chi connectivity index (χ1) is 9.68. The summed E-state index contributed by atoms with van der Waals surface area (Å²) in [7, 11) is 0. The predicted molar refractivity (Wildman–Crippen MR) is 80.3 cm³/mol. The highest BCUT2D eigenvalue weighted by molar-refractivity contribution is 5.78. The number of amides is 1. The second-order valence-corrected chi connectivity index (χ2v) is 5.81. The third-order valence-corrected chi connectivity index (χ3v) is 4.24. The molecule has 2 N–H and O–H groups in total. The molecule has 2 rings (SSSR count). The number of carbonyl (C=O) groups excluding carboxylic acids is 1. The fraction of sp³-hybridized carbons (Fsp3) is 0.588. The fourth-order valence-electron chi connectivity index (χ4n) is 2.95. The smallest absolute Gasteiger partial charge is 0.223 e. The molecule has 1 fully saturated rings. The summed E-state index contributed by atoms with van der Waals surface area (Å²) in [5.41, 5.74) is 1.96. The van der Waals surface area contributed by atoms with Crippen molar-refractivity contribution in [2.75, 3.05) is 6.54 Å². The molecule has 20 heavy (non-hydrogen) atoms. The molecule has 0 bridgehead atoms. The molecule has 1 aliphatic rings. The van der Waals surface area contributed by atoms with E-state index in [2.05, 4.69) is 5.32 Å². The maximum absolute atomic E-state index is 12.1. The number of benzene rings is 1. The summed E-state index contributed by atoms with van der Waals surface area (Å²) in [5, 5.41) is 13.1. The lowest BCUT2D eigenvalue weighted by molar-refractivity contribution is -0.125. The van der Waals surface area contributed by atoms with Crippen LogP contribution in [0.2, 0.25) is 0 Å². The van der Waals surface area contributed by atoms with Gasteiger partial charge in [-0.25, -0.2) is 0 Å². The molecule has 3 heteroatoms. The minimum atomic E-state index is -0.620. The Kier molecular flexibility index (Phi) is 5.60. The lowest BCUT2D eigenvalue weighted by atomic mass is 9.99. The van der Waals surface area contributed by atoms with Gasteiger partial charge in [-0.05, 0) is 30.9 Å². The van der Waals surface area contributed by atoms with Crippen molar-refractivity contribution in [3.05, 3.63) is 35.4 Å². The van der Waals surface area contributed by atoms with E-state index in [1.807, 2.05) is 31.2 Å². The number of nitrogens with one attached hydrogen (secondary N) is 1. The van der Waals surface area contributed by atoms with Crippen molar-refractivity contribution in [2.24, 2.45) is 5.92 Å². The van der Waals surface area contributed by atoms with Crippen molar-refractivity contribution in [3.8, 4) is 0 Å². The van der Waals surface area contributed by atoms with Crippen LogP contribution in [-0.2, 0) is 4.79 Å². The molecule has 1 aromatic carbocycles. The zero-order valence-corrected chi connectivity index (χ0v) is 12.3. The van der Waals surface area contributed by atoms with Crippen molar-refractivity contribution < 1.29 is 9.90 Å². The van der Waals surface area contributed by atoms with Gasteiger partial charge in [-0.2, -0.15) is 0 Å². The Bertz CT molecular complexity index is 436. The lowest BCUT2D eigenvalue weighted by Gasteiger charge is -2.18. The van der Waals surface area contributed by atoms with Crippen LogP contribution in [0.5, 0.6) is 0 Å². The van der Waals surface area contributed by atoms with Gasteiger partial charge in [0.2, 0.25) is 5.91 Å². The molecule has 0 aliphatic heterocycles. The summed E-state index contributed by atoms with van der Waals surface area (Å²) in [6.07, 6.45) is 6.16. The second-order valence-electron chi connectivity index (χ2n) is 5.81. The van der Waals surface area contributed by atoms with E-state index in [0.717, 1.165) is 36.8 Å². The Morgan fingerprint density at radius 3 is 2.55 bits per heavy atom. The van der Waals surface area contributed by atoms with E-state index in [9.17, 15) is 9.90 Å². The average molecular weight is 275 g/mol. The molecule has 1 unspecified atom stereocenters. The summed E-state index contributed by atoms with van der Waals surface area (Å²) >= 11 is 0. The molecule has 0 aromatic heterocycles. The van der Waals surface area contributed by atoms with Gasteiger partial charge in [0.25, 0.3) is 0 Å². The fourth-order valence-corrected chi connectivity index (χ4v) is 2.95. The van der Waals surface area contributed by atoms with Crippen molar-refractivity contribution in [3.63, 3.8) is 0 Å². The average Bonchev–Trinajstić information content (AvgIpc) is 2.74. The van der Waals surface area contributed by atoms with Gasteiger partial charge in [-0.1, -0.05) is 49.9 Å². The van der Waals surface area contributed by atoms with Gasteiger partial charge >= 0.3 is 0 Å². The highest BCUT2D eigenvalue weighted by atomic mass is 16.3. The monoisotopic (exact) mass is 275 g/mol. The van der Waals surface area contributed by atoms with Crippen LogP contribution in [0.25, 0.3) is 0 Å². The van der Waals surface area contributed by atoms with Crippen LogP contribution in [0, 0.1) is 12.8 Å². The van der Waals surface area contributed by atoms with Crippen LogP contribution in [0.15, 0.2) is 24.3 Å². The molecular weight excluding hydrogens is 250 g/mol. The standard InChI is InChI=1S/C17H25NO2/c1-13-8-6-7-11-15(13)16(19)12-18-17(20)14-9-4-2-3-5-10-14/h6-8,11,14,16,19H,2-5,9-10,12H2,1H3,(H,18,20). The molecule has 1 aromatic rings. The largest absolute Gasteiger partial charge is 0.387 e. The molecule has 0 radical (unpaired) electrons. The van der Waals surface area contributed by atoms with Crippen LogP contribution in [0.1, 0.15) is 55.8 Å². The minimum absolute atomic E-state index is 0.111. The number of hydrogen-bond acceptors (Lipinski definition) is 2. The first-order valence-corrected chi connectivity index (χ1v) is 7.70. The quantitative estimate of drug-likeness (QED) is 0.829. The number of hydrogen-bond donors (Lipinski definition) is 2. The van der Waals surface area contributed by atoms with E-state index >= 15 is 0 Å². The van der Waals surface area contributed by atoms with Gasteiger partial charge in [0, 0.05) is 12.5 Å². The topological polar surface area (TPSA) is 49.3 Å². The van der Waals surface area contributed by atoms with Crippen molar-refractivity contribution in [1.82, 2.24) is 5.32 Å². The summed E-state index contributed by atoms with van der Waals surface area (Å²) in [6.45, 7) is 2.28. The molecule has 0 heterocycles. The normalized spacial score (nSPS) is 18.3. The second kappa shape index (κ2) is 7.44. The Morgan fingerprint density at radius 2 is 1.90 bits per heavy atom. The SMILES string of the molecule is Cc1ccccc1C(O)CNC(=O)C1CCCCCC1. The van der Waals surface area contributed by atoms with Gasteiger partial charge in [0.1, 0.15) is 0 Å². The van der Waals surface area contributed by atoms with E-state index in [1.54, 1.807) is 0 Å². The first kappa shape index (κ1) is 15.0. The van der Waals surface area contributed by atoms with E-state index in [-0.39, 0.29) is 11.8 Å². The van der Waals surface area contributed by atoms with Gasteiger partial charge < -0.3 is 10.4 Å². The van der Waals surface area contributed by atoms with Crippen LogP contribution in [-0.4, -0.2) is 17.6 Å². The number of rotatable bonds is 4. The number of aliphatic hydroxyl groups excluding tert-OH is 1. The molecule has 1 atom stereocenters. The highest BCUT2D eigenvalue weighted by Crippen LogP contribution is 2.23. The van der Waals surface area contributed by atoms with Crippen LogP contribution < -0.4 is 5.32 Å². The summed E-state index contributed by atoms with van der Waals surface area (Å²) in [5.74, 6) is 0.251. The van der Waals surface area contributed by atoms with Crippen molar-refractivity contribution >= 4 is 5.91 Å². The van der Waals surface area contributed by atoms with Gasteiger partial charge in [-0.15, -0.1) is 0 Å². The molecule has 0 spiro atoms. The van der Waals surface area contributed by atoms with E-state index < -0.39 is 6.10 Å². The third-order valence-electron chi connectivity index (χ3n) is 4.24. The zero-order chi connectivity index (χ0) is 14.4. The Labute approximate surface area is 121 Å². The Hall–Kier alpha value is -1.35. The Balaban J connectivity index is 1.85. The lowest BCUT2D eigenvalue weighted by Crippen LogP contribution is -2.33. The molecule has 1 aliphatic carbocycles. The summed E-state index contributed by atoms with van der Waals surface area (Å²) in [6, 6.07) is 7.76. The van der Waals surface area contributed by atoms with Gasteiger partial charge in [0.05, 0.1) is 6.10 Å².